The first-order valence-corrected chi connectivity index (χ1v) is 10.6. The number of carboxylic acid groups (broad SMARTS) is 1. The van der Waals surface area contributed by atoms with E-state index < -0.39 is 19.3 Å². The topological polar surface area (TPSA) is 87.1 Å². The highest BCUT2D eigenvalue weighted by molar-refractivity contribution is 5.94. The molecule has 0 aliphatic heterocycles. The third kappa shape index (κ3) is 5.60. The van der Waals surface area contributed by atoms with E-state index in [4.69, 9.17) is 14.6 Å². The highest BCUT2D eigenvalue weighted by atomic mass is 19.4. The van der Waals surface area contributed by atoms with Gasteiger partial charge in [0.1, 0.15) is 17.2 Å². The van der Waals surface area contributed by atoms with Crippen molar-refractivity contribution < 1.29 is 42.0 Å². The number of rotatable bonds is 7. The average molecular weight is 499 g/mol. The lowest BCUT2D eigenvalue weighted by molar-refractivity contribution is -0.274. The van der Waals surface area contributed by atoms with Crippen molar-refractivity contribution in [1.29, 1.82) is 0 Å². The van der Waals surface area contributed by atoms with E-state index in [1.807, 2.05) is 24.3 Å². The van der Waals surface area contributed by atoms with Crippen LogP contribution < -0.4 is 14.2 Å². The van der Waals surface area contributed by atoms with E-state index in [0.29, 0.717) is 39.2 Å². The Hall–Kier alpha value is -4.47. The summed E-state index contributed by atoms with van der Waals surface area (Å²) in [6, 6.07) is 18.1. The van der Waals surface area contributed by atoms with E-state index >= 15 is 0 Å². The third-order valence-corrected chi connectivity index (χ3v) is 5.31. The molecule has 4 rings (SSSR count). The molecule has 0 saturated heterocycles. The summed E-state index contributed by atoms with van der Waals surface area (Å²) in [5, 5.41) is 9.46. The second-order valence-corrected chi connectivity index (χ2v) is 7.61. The van der Waals surface area contributed by atoms with E-state index in [0.717, 1.165) is 11.1 Å². The van der Waals surface area contributed by atoms with E-state index in [9.17, 15) is 18.0 Å². The highest BCUT2D eigenvalue weighted by Crippen LogP contribution is 2.40. The summed E-state index contributed by atoms with van der Waals surface area (Å²) in [4.78, 5) is 15.5. The van der Waals surface area contributed by atoms with Gasteiger partial charge in [0, 0.05) is 22.7 Å². The van der Waals surface area contributed by atoms with E-state index in [1.54, 1.807) is 32.2 Å². The van der Waals surface area contributed by atoms with Crippen molar-refractivity contribution in [2.75, 3.05) is 13.9 Å². The van der Waals surface area contributed by atoms with Gasteiger partial charge in [0.15, 0.2) is 0 Å². The van der Waals surface area contributed by atoms with Crippen LogP contribution in [0.3, 0.4) is 0 Å². The van der Waals surface area contributed by atoms with Gasteiger partial charge in [-0.1, -0.05) is 36.4 Å². The van der Waals surface area contributed by atoms with Gasteiger partial charge in [-0.3, -0.25) is 4.98 Å². The van der Waals surface area contributed by atoms with Crippen molar-refractivity contribution in [2.45, 2.75) is 13.3 Å². The quantitative estimate of drug-likeness (QED) is 0.221. The lowest BCUT2D eigenvalue weighted by Gasteiger charge is -2.17. The molecule has 0 radical (unpaired) electrons. The molecule has 4 aromatic rings. The van der Waals surface area contributed by atoms with Crippen LogP contribution in [-0.2, 0) is 4.74 Å². The second-order valence-electron chi connectivity index (χ2n) is 7.61. The first-order valence-electron chi connectivity index (χ1n) is 10.6. The molecule has 0 aliphatic carbocycles. The van der Waals surface area contributed by atoms with Gasteiger partial charge in [-0.15, -0.1) is 13.2 Å². The molecule has 186 valence electrons. The molecular weight excluding hydrogens is 479 g/mol. The minimum Gasteiger partial charge on any atom is -0.497 e. The van der Waals surface area contributed by atoms with E-state index in [-0.39, 0.29) is 5.75 Å². The lowest BCUT2D eigenvalue weighted by atomic mass is 9.97. The fraction of sp³-hybridized carbons (Fsp3) is 0.154. The Bertz CT molecular complexity index is 1390. The van der Waals surface area contributed by atoms with E-state index in [1.165, 1.54) is 24.3 Å². The predicted octanol–water partition coefficient (Wildman–Crippen LogP) is 6.82. The molecule has 0 amide bonds. The minimum atomic E-state index is -4.75. The van der Waals surface area contributed by atoms with Crippen LogP contribution in [0, 0.1) is 6.92 Å². The summed E-state index contributed by atoms with van der Waals surface area (Å²) in [6.07, 6.45) is -6.22. The van der Waals surface area contributed by atoms with Gasteiger partial charge < -0.3 is 24.1 Å². The summed E-state index contributed by atoms with van der Waals surface area (Å²) in [5.41, 5.74) is 4.07. The van der Waals surface area contributed by atoms with Crippen molar-refractivity contribution >= 4 is 17.1 Å². The molecule has 0 unspecified atom stereocenters. The summed E-state index contributed by atoms with van der Waals surface area (Å²) in [5.74, 6) is 0.691. The Kier molecular flexibility index (Phi) is 6.86. The number of hydrogen-bond donors (Lipinski definition) is 1. The van der Waals surface area contributed by atoms with Crippen LogP contribution in [0.5, 0.6) is 17.2 Å². The van der Waals surface area contributed by atoms with Crippen molar-refractivity contribution in [3.05, 3.63) is 72.4 Å². The molecule has 0 spiro atoms. The molecule has 0 fully saturated rings. The summed E-state index contributed by atoms with van der Waals surface area (Å²) < 4.78 is 56.7. The van der Waals surface area contributed by atoms with Gasteiger partial charge in [0.2, 0.25) is 6.79 Å². The molecule has 10 heteroatoms. The SMILES string of the molecule is COc1ccc2c(OCOC(=O)O)c(-c3ccc(-c4ccc(OC(F)(F)F)cc4)cc3)c(C)nc2c1. The van der Waals surface area contributed by atoms with Gasteiger partial charge in [-0.25, -0.2) is 4.79 Å². The molecule has 3 aromatic carbocycles. The zero-order valence-electron chi connectivity index (χ0n) is 19.1. The summed E-state index contributed by atoms with van der Waals surface area (Å²) >= 11 is 0. The van der Waals surface area contributed by atoms with Crippen LogP contribution in [0.1, 0.15) is 5.69 Å². The minimum absolute atomic E-state index is 0.303. The molecule has 0 aliphatic rings. The maximum atomic E-state index is 12.4. The number of fused-ring (bicyclic) bond motifs is 1. The molecular formula is C26H20F3NO6. The number of alkyl halides is 3. The van der Waals surface area contributed by atoms with Crippen LogP contribution in [0.25, 0.3) is 33.2 Å². The number of aryl methyl sites for hydroxylation is 1. The van der Waals surface area contributed by atoms with Crippen LogP contribution in [0.4, 0.5) is 18.0 Å². The number of pyridine rings is 1. The fourth-order valence-electron chi connectivity index (χ4n) is 3.77. The number of ether oxygens (including phenoxy) is 4. The van der Waals surface area contributed by atoms with Crippen molar-refractivity contribution in [3.63, 3.8) is 0 Å². The molecule has 36 heavy (non-hydrogen) atoms. The lowest BCUT2D eigenvalue weighted by Crippen LogP contribution is -2.16. The number of nitrogens with zero attached hydrogens (tertiary/aromatic N) is 1. The van der Waals surface area contributed by atoms with Crippen molar-refractivity contribution in [2.24, 2.45) is 0 Å². The first-order chi connectivity index (χ1) is 17.1. The second kappa shape index (κ2) is 10.0. The zero-order valence-corrected chi connectivity index (χ0v) is 19.1. The summed E-state index contributed by atoms with van der Waals surface area (Å²) in [7, 11) is 1.54. The highest BCUT2D eigenvalue weighted by Gasteiger charge is 2.31. The number of methoxy groups -OCH3 is 1. The van der Waals surface area contributed by atoms with Crippen molar-refractivity contribution in [1.82, 2.24) is 4.98 Å². The van der Waals surface area contributed by atoms with E-state index in [2.05, 4.69) is 14.5 Å². The monoisotopic (exact) mass is 499 g/mol. The fourth-order valence-corrected chi connectivity index (χ4v) is 3.77. The third-order valence-electron chi connectivity index (χ3n) is 5.31. The molecule has 1 heterocycles. The number of halogens is 3. The van der Waals surface area contributed by atoms with Crippen LogP contribution in [0.2, 0.25) is 0 Å². The zero-order chi connectivity index (χ0) is 25.9. The van der Waals surface area contributed by atoms with Crippen LogP contribution >= 0.6 is 0 Å². The standard InChI is InChI=1S/C26H20F3NO6/c1-15-23(24(34-14-35-25(31)32)21-12-11-20(33-2)13-22(21)30-15)18-5-3-16(4-6-18)17-7-9-19(10-8-17)36-26(27,28)29/h3-13H,14H2,1-2H3,(H,31,32). The number of aromatic nitrogens is 1. The number of hydrogen-bond acceptors (Lipinski definition) is 6. The van der Waals surface area contributed by atoms with Gasteiger partial charge in [-0.05, 0) is 47.9 Å². The Morgan fingerprint density at radius 1 is 0.917 bits per heavy atom. The molecule has 0 atom stereocenters. The van der Waals surface area contributed by atoms with Gasteiger partial charge in [0.25, 0.3) is 0 Å². The van der Waals surface area contributed by atoms with Crippen LogP contribution in [0.15, 0.2) is 66.7 Å². The molecule has 1 N–H and O–H groups in total. The maximum absolute atomic E-state index is 12.4. The van der Waals surface area contributed by atoms with Crippen molar-refractivity contribution in [3.8, 4) is 39.5 Å². The number of benzene rings is 3. The molecule has 0 bridgehead atoms. The maximum Gasteiger partial charge on any atom is 0.573 e. The Labute approximate surface area is 203 Å². The van der Waals surface area contributed by atoms with Crippen LogP contribution in [-0.4, -0.2) is 36.5 Å². The average Bonchev–Trinajstić information content (AvgIpc) is 2.83. The smallest absolute Gasteiger partial charge is 0.497 e. The summed E-state index contributed by atoms with van der Waals surface area (Å²) in [6.45, 7) is 1.28. The molecule has 7 nitrogen and oxygen atoms in total. The Morgan fingerprint density at radius 3 is 2.08 bits per heavy atom. The molecule has 0 saturated carbocycles. The van der Waals surface area contributed by atoms with Gasteiger partial charge in [-0.2, -0.15) is 0 Å². The normalized spacial score (nSPS) is 11.2. The van der Waals surface area contributed by atoms with Gasteiger partial charge in [0.05, 0.1) is 12.6 Å². The van der Waals surface area contributed by atoms with Gasteiger partial charge >= 0.3 is 12.5 Å². The predicted molar refractivity (Wildman–Crippen MR) is 125 cm³/mol. The Balaban J connectivity index is 1.70. The number of carbonyl (C=O) groups is 1. The Morgan fingerprint density at radius 2 is 1.50 bits per heavy atom. The molecule has 1 aromatic heterocycles. The largest absolute Gasteiger partial charge is 0.573 e. The first kappa shape index (κ1) is 24.6.